The van der Waals surface area contributed by atoms with Gasteiger partial charge in [-0.05, 0) is 6.92 Å². The van der Waals surface area contributed by atoms with Crippen molar-refractivity contribution in [2.45, 2.75) is 17.7 Å². The predicted octanol–water partition coefficient (Wildman–Crippen LogP) is 1.31. The van der Waals surface area contributed by atoms with Crippen molar-refractivity contribution in [3.05, 3.63) is 5.01 Å². The van der Waals surface area contributed by atoms with Crippen LogP contribution in [0, 0.1) is 18.3 Å². The molecule has 1 rings (SSSR count). The zero-order valence-electron chi connectivity index (χ0n) is 9.13. The molecule has 0 unspecified atom stereocenters. The van der Waals surface area contributed by atoms with E-state index in [9.17, 15) is 4.79 Å². The lowest BCUT2D eigenvalue weighted by Crippen LogP contribution is -2.29. The van der Waals surface area contributed by atoms with Crippen LogP contribution in [0.25, 0.3) is 0 Å². The van der Waals surface area contributed by atoms with Gasteiger partial charge in [-0.3, -0.25) is 4.79 Å². The lowest BCUT2D eigenvalue weighted by molar-refractivity contribution is -0.127. The molecule has 1 amide bonds. The molecule has 0 aromatic carbocycles. The van der Waals surface area contributed by atoms with Crippen LogP contribution in [-0.4, -0.2) is 40.3 Å². The largest absolute Gasteiger partial charge is 0.344 e. The highest BCUT2D eigenvalue weighted by atomic mass is 32.2. The Bertz CT molecular complexity index is 398. The minimum atomic E-state index is 0.00750. The summed E-state index contributed by atoms with van der Waals surface area (Å²) in [7, 11) is 1.70. The fourth-order valence-electron chi connectivity index (χ4n) is 0.913. The molecule has 0 atom stereocenters. The van der Waals surface area contributed by atoms with E-state index in [0.29, 0.717) is 18.7 Å². The standard InChI is InChI=1S/C9H12N4OS2/c1-7-11-12-9(16-7)15-6-8(14)13(2)5-3-4-10/h3,5-6H2,1-2H3. The van der Waals surface area contributed by atoms with Gasteiger partial charge in [-0.15, -0.1) is 10.2 Å². The van der Waals surface area contributed by atoms with Gasteiger partial charge in [-0.25, -0.2) is 0 Å². The number of carbonyl (C=O) groups is 1. The highest BCUT2D eigenvalue weighted by Gasteiger charge is 2.10. The third-order valence-electron chi connectivity index (χ3n) is 1.81. The van der Waals surface area contributed by atoms with E-state index in [1.165, 1.54) is 23.1 Å². The van der Waals surface area contributed by atoms with Crippen LogP contribution >= 0.6 is 23.1 Å². The van der Waals surface area contributed by atoms with Crippen molar-refractivity contribution in [3.63, 3.8) is 0 Å². The van der Waals surface area contributed by atoms with Gasteiger partial charge in [0.2, 0.25) is 5.91 Å². The molecule has 1 aromatic heterocycles. The van der Waals surface area contributed by atoms with E-state index in [1.807, 2.05) is 13.0 Å². The van der Waals surface area contributed by atoms with E-state index < -0.39 is 0 Å². The average Bonchev–Trinajstić information content (AvgIpc) is 2.68. The highest BCUT2D eigenvalue weighted by Crippen LogP contribution is 2.21. The SMILES string of the molecule is Cc1nnc(SCC(=O)N(C)CCC#N)s1. The molecule has 5 nitrogen and oxygen atoms in total. The fourth-order valence-corrected chi connectivity index (χ4v) is 2.67. The molecule has 0 fully saturated rings. The monoisotopic (exact) mass is 256 g/mol. The first kappa shape index (κ1) is 12.9. The summed E-state index contributed by atoms with van der Waals surface area (Å²) < 4.78 is 0.805. The van der Waals surface area contributed by atoms with Gasteiger partial charge in [0.15, 0.2) is 4.34 Å². The summed E-state index contributed by atoms with van der Waals surface area (Å²) in [5.41, 5.74) is 0. The minimum Gasteiger partial charge on any atom is -0.344 e. The second kappa shape index (κ2) is 6.45. The lowest BCUT2D eigenvalue weighted by Gasteiger charge is -2.14. The second-order valence-electron chi connectivity index (χ2n) is 3.10. The quantitative estimate of drug-likeness (QED) is 0.743. The summed E-state index contributed by atoms with van der Waals surface area (Å²) in [4.78, 5) is 13.1. The molecule has 0 saturated heterocycles. The van der Waals surface area contributed by atoms with Crippen LogP contribution in [0.1, 0.15) is 11.4 Å². The van der Waals surface area contributed by atoms with Crippen LogP contribution < -0.4 is 0 Å². The number of nitriles is 1. The molecule has 16 heavy (non-hydrogen) atoms. The molecule has 7 heteroatoms. The van der Waals surface area contributed by atoms with Crippen molar-refractivity contribution in [1.82, 2.24) is 15.1 Å². The molecule has 0 aliphatic rings. The molecule has 0 radical (unpaired) electrons. The van der Waals surface area contributed by atoms with Gasteiger partial charge in [-0.1, -0.05) is 23.1 Å². The number of aryl methyl sites for hydroxylation is 1. The van der Waals surface area contributed by atoms with E-state index in [4.69, 9.17) is 5.26 Å². The zero-order valence-corrected chi connectivity index (χ0v) is 10.8. The normalized spacial score (nSPS) is 9.81. The van der Waals surface area contributed by atoms with E-state index in [1.54, 1.807) is 11.9 Å². The maximum absolute atomic E-state index is 11.6. The first-order valence-electron chi connectivity index (χ1n) is 4.67. The summed E-state index contributed by atoms with van der Waals surface area (Å²) in [6, 6.07) is 2.01. The Labute approximate surface area is 102 Å². The van der Waals surface area contributed by atoms with Gasteiger partial charge in [-0.2, -0.15) is 5.26 Å². The van der Waals surface area contributed by atoms with E-state index in [-0.39, 0.29) is 5.91 Å². The summed E-state index contributed by atoms with van der Waals surface area (Å²) in [5, 5.41) is 17.1. The Balaban J connectivity index is 2.32. The van der Waals surface area contributed by atoms with Crippen LogP contribution in [0.5, 0.6) is 0 Å². The molecule has 0 saturated carbocycles. The molecule has 1 aromatic rings. The Morgan fingerprint density at radius 3 is 2.94 bits per heavy atom. The number of hydrogen-bond acceptors (Lipinski definition) is 6. The summed E-state index contributed by atoms with van der Waals surface area (Å²) in [5.74, 6) is 0.351. The molecule has 86 valence electrons. The Morgan fingerprint density at radius 1 is 1.62 bits per heavy atom. The predicted molar refractivity (Wildman–Crippen MR) is 63.2 cm³/mol. The van der Waals surface area contributed by atoms with Crippen molar-refractivity contribution in [2.75, 3.05) is 19.3 Å². The van der Waals surface area contributed by atoms with Crippen molar-refractivity contribution in [3.8, 4) is 6.07 Å². The van der Waals surface area contributed by atoms with E-state index >= 15 is 0 Å². The molecule has 0 aliphatic heterocycles. The summed E-state index contributed by atoms with van der Waals surface area (Å²) >= 11 is 2.86. The number of carbonyl (C=O) groups excluding carboxylic acids is 1. The van der Waals surface area contributed by atoms with Crippen molar-refractivity contribution < 1.29 is 4.79 Å². The fraction of sp³-hybridized carbons (Fsp3) is 0.556. The van der Waals surface area contributed by atoms with E-state index in [0.717, 1.165) is 9.35 Å². The third kappa shape index (κ3) is 4.16. The first-order chi connectivity index (χ1) is 7.63. The summed E-state index contributed by atoms with van der Waals surface area (Å²) in [6.07, 6.45) is 0.366. The third-order valence-corrected chi connectivity index (χ3v) is 3.77. The van der Waals surface area contributed by atoms with Gasteiger partial charge in [0.1, 0.15) is 5.01 Å². The Hall–Kier alpha value is -1.13. The average molecular weight is 256 g/mol. The molecule has 0 aliphatic carbocycles. The van der Waals surface area contributed by atoms with Crippen LogP contribution in [0.15, 0.2) is 4.34 Å². The van der Waals surface area contributed by atoms with Crippen LogP contribution in [0.3, 0.4) is 0 Å². The zero-order chi connectivity index (χ0) is 12.0. The van der Waals surface area contributed by atoms with Crippen LogP contribution in [0.4, 0.5) is 0 Å². The maximum Gasteiger partial charge on any atom is 0.232 e. The van der Waals surface area contributed by atoms with Gasteiger partial charge in [0.05, 0.1) is 18.2 Å². The van der Waals surface area contributed by atoms with Gasteiger partial charge < -0.3 is 4.90 Å². The second-order valence-corrected chi connectivity index (χ2v) is 5.50. The topological polar surface area (TPSA) is 69.9 Å². The molecule has 0 N–H and O–H groups in total. The molecular formula is C9H12N4OS2. The maximum atomic E-state index is 11.6. The number of nitrogens with zero attached hydrogens (tertiary/aromatic N) is 4. The molecule has 0 bridgehead atoms. The van der Waals surface area contributed by atoms with E-state index in [2.05, 4.69) is 10.2 Å². The van der Waals surface area contributed by atoms with Crippen molar-refractivity contribution in [1.29, 1.82) is 5.26 Å². The van der Waals surface area contributed by atoms with Crippen LogP contribution in [0.2, 0.25) is 0 Å². The van der Waals surface area contributed by atoms with Crippen molar-refractivity contribution >= 4 is 29.0 Å². The smallest absolute Gasteiger partial charge is 0.232 e. The minimum absolute atomic E-state index is 0.00750. The summed E-state index contributed by atoms with van der Waals surface area (Å²) in [6.45, 7) is 2.35. The number of hydrogen-bond donors (Lipinski definition) is 0. The molecule has 0 spiro atoms. The van der Waals surface area contributed by atoms with Crippen molar-refractivity contribution in [2.24, 2.45) is 0 Å². The number of rotatable bonds is 5. The van der Waals surface area contributed by atoms with Crippen LogP contribution in [-0.2, 0) is 4.79 Å². The van der Waals surface area contributed by atoms with Gasteiger partial charge in [0.25, 0.3) is 0 Å². The molecule has 1 heterocycles. The van der Waals surface area contributed by atoms with Gasteiger partial charge in [0, 0.05) is 13.6 Å². The van der Waals surface area contributed by atoms with Gasteiger partial charge >= 0.3 is 0 Å². The number of thioether (sulfide) groups is 1. The number of aromatic nitrogens is 2. The lowest BCUT2D eigenvalue weighted by atomic mass is 10.4. The highest BCUT2D eigenvalue weighted by molar-refractivity contribution is 8.01. The Morgan fingerprint density at radius 2 is 2.38 bits per heavy atom. The number of amides is 1. The first-order valence-corrected chi connectivity index (χ1v) is 6.47. The molecular weight excluding hydrogens is 244 g/mol. The Kier molecular flexibility index (Phi) is 5.22.